The number of benzene rings is 1. The van der Waals surface area contributed by atoms with E-state index in [-0.39, 0.29) is 0 Å². The van der Waals surface area contributed by atoms with Gasteiger partial charge in [0.05, 0.1) is 27.0 Å². The van der Waals surface area contributed by atoms with Crippen molar-refractivity contribution in [2.75, 3.05) is 5.73 Å². The Morgan fingerprint density at radius 3 is 2.58 bits per heavy atom. The molecular formula is C12H9Cl2N5. The van der Waals surface area contributed by atoms with Gasteiger partial charge >= 0.3 is 0 Å². The fourth-order valence-electron chi connectivity index (χ4n) is 1.83. The summed E-state index contributed by atoms with van der Waals surface area (Å²) in [6.07, 6.45) is 0. The highest BCUT2D eigenvalue weighted by molar-refractivity contribution is 6.37. The second kappa shape index (κ2) is 4.36. The van der Waals surface area contributed by atoms with Crippen LogP contribution in [0.25, 0.3) is 17.0 Å². The van der Waals surface area contributed by atoms with E-state index in [2.05, 4.69) is 15.3 Å². The van der Waals surface area contributed by atoms with E-state index in [1.54, 1.807) is 16.6 Å². The van der Waals surface area contributed by atoms with Crippen molar-refractivity contribution < 1.29 is 0 Å². The van der Waals surface area contributed by atoms with Gasteiger partial charge in [-0.05, 0) is 31.2 Å². The number of hydrogen-bond acceptors (Lipinski definition) is 4. The van der Waals surface area contributed by atoms with E-state index in [1.807, 2.05) is 19.1 Å². The van der Waals surface area contributed by atoms with Crippen LogP contribution < -0.4 is 5.73 Å². The summed E-state index contributed by atoms with van der Waals surface area (Å²) in [6, 6.07) is 7.00. The highest BCUT2D eigenvalue weighted by atomic mass is 35.5. The van der Waals surface area contributed by atoms with Crippen molar-refractivity contribution in [3.63, 3.8) is 0 Å². The van der Waals surface area contributed by atoms with Crippen molar-refractivity contribution in [3.8, 4) is 11.4 Å². The van der Waals surface area contributed by atoms with Gasteiger partial charge in [0.15, 0.2) is 11.5 Å². The number of fused-ring (bicyclic) bond motifs is 1. The standard InChI is InChI=1S/C12H9Cl2N5/c1-6-2-5-9-16-17-12(19(9)18-6)10-7(13)3-4-8(14)11(10)15/h2-5H,15H2,1H3. The fourth-order valence-corrected chi connectivity index (χ4v) is 2.24. The number of nitrogen functional groups attached to an aromatic ring is 1. The molecule has 0 atom stereocenters. The van der Waals surface area contributed by atoms with Gasteiger partial charge in [0.1, 0.15) is 0 Å². The van der Waals surface area contributed by atoms with Gasteiger partial charge in [0.25, 0.3) is 0 Å². The van der Waals surface area contributed by atoms with Crippen LogP contribution in [-0.2, 0) is 0 Å². The van der Waals surface area contributed by atoms with Crippen molar-refractivity contribution in [1.82, 2.24) is 19.8 Å². The van der Waals surface area contributed by atoms with Gasteiger partial charge in [-0.2, -0.15) is 9.61 Å². The van der Waals surface area contributed by atoms with Crippen LogP contribution in [0.15, 0.2) is 24.3 Å². The molecule has 7 heteroatoms. The molecule has 0 saturated heterocycles. The van der Waals surface area contributed by atoms with Gasteiger partial charge in [-0.25, -0.2) is 0 Å². The highest BCUT2D eigenvalue weighted by Crippen LogP contribution is 2.36. The van der Waals surface area contributed by atoms with Gasteiger partial charge < -0.3 is 5.73 Å². The number of halogens is 2. The summed E-state index contributed by atoms with van der Waals surface area (Å²) in [5, 5.41) is 13.4. The molecule has 2 aromatic heterocycles. The lowest BCUT2D eigenvalue weighted by Gasteiger charge is -2.07. The predicted octanol–water partition coefficient (Wildman–Crippen LogP) is 2.99. The Kier molecular flexibility index (Phi) is 2.80. The van der Waals surface area contributed by atoms with Gasteiger partial charge in [0.2, 0.25) is 0 Å². The van der Waals surface area contributed by atoms with E-state index >= 15 is 0 Å². The maximum atomic E-state index is 6.19. The largest absolute Gasteiger partial charge is 0.397 e. The molecule has 0 radical (unpaired) electrons. The van der Waals surface area contributed by atoms with Gasteiger partial charge in [0, 0.05) is 0 Å². The molecular weight excluding hydrogens is 285 g/mol. The van der Waals surface area contributed by atoms with Crippen molar-refractivity contribution in [2.45, 2.75) is 6.92 Å². The first-order valence-corrected chi connectivity index (χ1v) is 6.26. The minimum Gasteiger partial charge on any atom is -0.397 e. The highest BCUT2D eigenvalue weighted by Gasteiger charge is 2.17. The molecule has 3 aromatic rings. The van der Waals surface area contributed by atoms with E-state index in [4.69, 9.17) is 28.9 Å². The number of nitrogens with two attached hydrogens (primary N) is 1. The normalized spacial score (nSPS) is 11.1. The van der Waals surface area contributed by atoms with Crippen molar-refractivity contribution in [3.05, 3.63) is 40.0 Å². The average Bonchev–Trinajstić information content (AvgIpc) is 2.78. The van der Waals surface area contributed by atoms with Crippen LogP contribution in [-0.4, -0.2) is 19.8 Å². The molecule has 2 heterocycles. The summed E-state index contributed by atoms with van der Waals surface area (Å²) in [4.78, 5) is 0. The first kappa shape index (κ1) is 12.2. The molecule has 0 saturated carbocycles. The number of hydrogen-bond donors (Lipinski definition) is 1. The van der Waals surface area contributed by atoms with Crippen LogP contribution in [0.2, 0.25) is 10.0 Å². The number of rotatable bonds is 1. The second-order valence-corrected chi connectivity index (χ2v) is 4.90. The zero-order valence-electron chi connectivity index (χ0n) is 9.93. The predicted molar refractivity (Wildman–Crippen MR) is 75.4 cm³/mol. The molecule has 1 aromatic carbocycles. The third-order valence-electron chi connectivity index (χ3n) is 2.76. The lowest BCUT2D eigenvalue weighted by Crippen LogP contribution is -2.00. The molecule has 2 N–H and O–H groups in total. The molecule has 3 rings (SSSR count). The molecule has 0 aliphatic heterocycles. The Balaban J connectivity index is 2.37. The maximum absolute atomic E-state index is 6.19. The van der Waals surface area contributed by atoms with Crippen LogP contribution >= 0.6 is 23.2 Å². The molecule has 0 unspecified atom stereocenters. The van der Waals surface area contributed by atoms with Crippen LogP contribution in [0.1, 0.15) is 5.69 Å². The molecule has 5 nitrogen and oxygen atoms in total. The molecule has 0 fully saturated rings. The van der Waals surface area contributed by atoms with Crippen LogP contribution in [0.3, 0.4) is 0 Å². The zero-order valence-corrected chi connectivity index (χ0v) is 11.4. The van der Waals surface area contributed by atoms with Crippen molar-refractivity contribution in [2.24, 2.45) is 0 Å². The van der Waals surface area contributed by atoms with Gasteiger partial charge in [-0.1, -0.05) is 23.2 Å². The molecule has 0 amide bonds. The minimum atomic E-state index is 0.367. The Morgan fingerprint density at radius 2 is 1.79 bits per heavy atom. The molecule has 0 aliphatic rings. The summed E-state index contributed by atoms with van der Waals surface area (Å²) < 4.78 is 1.60. The number of aryl methyl sites for hydroxylation is 1. The Bertz CT molecular complexity index is 781. The number of aromatic nitrogens is 4. The lowest BCUT2D eigenvalue weighted by atomic mass is 10.1. The SMILES string of the molecule is Cc1ccc2nnc(-c3c(Cl)ccc(Cl)c3N)n2n1. The average molecular weight is 294 g/mol. The topological polar surface area (TPSA) is 69.1 Å². The third-order valence-corrected chi connectivity index (χ3v) is 3.41. The van der Waals surface area contributed by atoms with Crippen molar-refractivity contribution in [1.29, 1.82) is 0 Å². The summed E-state index contributed by atoms with van der Waals surface area (Å²) >= 11 is 12.2. The summed E-state index contributed by atoms with van der Waals surface area (Å²) in [6.45, 7) is 1.88. The quantitative estimate of drug-likeness (QED) is 0.700. The van der Waals surface area contributed by atoms with Gasteiger partial charge in [-0.15, -0.1) is 10.2 Å². The third kappa shape index (κ3) is 1.91. The summed E-state index contributed by atoms with van der Waals surface area (Å²) in [5.74, 6) is 0.476. The van der Waals surface area contributed by atoms with E-state index in [0.717, 1.165) is 5.69 Å². The van der Waals surface area contributed by atoms with E-state index < -0.39 is 0 Å². The van der Waals surface area contributed by atoms with Crippen LogP contribution in [0, 0.1) is 6.92 Å². The summed E-state index contributed by atoms with van der Waals surface area (Å²) in [5.41, 5.74) is 8.35. The molecule has 19 heavy (non-hydrogen) atoms. The molecule has 96 valence electrons. The Morgan fingerprint density at radius 1 is 1.05 bits per heavy atom. The van der Waals surface area contributed by atoms with E-state index in [0.29, 0.717) is 32.8 Å². The monoisotopic (exact) mass is 293 g/mol. The van der Waals surface area contributed by atoms with Gasteiger partial charge in [-0.3, -0.25) is 0 Å². The minimum absolute atomic E-state index is 0.367. The van der Waals surface area contributed by atoms with E-state index in [1.165, 1.54) is 0 Å². The fraction of sp³-hybridized carbons (Fsp3) is 0.0833. The Hall–Kier alpha value is -1.85. The molecule has 0 aliphatic carbocycles. The first-order chi connectivity index (χ1) is 9.08. The number of anilines is 1. The lowest BCUT2D eigenvalue weighted by molar-refractivity contribution is 0.902. The molecule has 0 spiro atoms. The zero-order chi connectivity index (χ0) is 13.6. The smallest absolute Gasteiger partial charge is 0.189 e. The summed E-state index contributed by atoms with van der Waals surface area (Å²) in [7, 11) is 0. The van der Waals surface area contributed by atoms with Crippen LogP contribution in [0.5, 0.6) is 0 Å². The number of nitrogens with zero attached hydrogens (tertiary/aromatic N) is 4. The maximum Gasteiger partial charge on any atom is 0.189 e. The Labute approximate surface area is 119 Å². The van der Waals surface area contributed by atoms with Crippen molar-refractivity contribution >= 4 is 34.5 Å². The molecule has 0 bridgehead atoms. The van der Waals surface area contributed by atoms with Crippen LogP contribution in [0.4, 0.5) is 5.69 Å². The second-order valence-electron chi connectivity index (χ2n) is 4.09. The van der Waals surface area contributed by atoms with E-state index in [9.17, 15) is 0 Å². The first-order valence-electron chi connectivity index (χ1n) is 5.51.